The van der Waals surface area contributed by atoms with Gasteiger partial charge in [0.25, 0.3) is 0 Å². The molecule has 0 aromatic rings. The van der Waals surface area contributed by atoms with Gasteiger partial charge in [0.05, 0.1) is 6.10 Å². The standard InChI is InChI=1S/C13H28N2O/c1-7-16-11-8-13(14,12(11,4)5)9-15(6)10(2)3/h10-11H,7-9,14H2,1-6H3. The third-order valence-corrected chi connectivity index (χ3v) is 4.42. The van der Waals surface area contributed by atoms with E-state index in [9.17, 15) is 0 Å². The van der Waals surface area contributed by atoms with E-state index in [1.165, 1.54) is 0 Å². The molecule has 1 rings (SSSR count). The van der Waals surface area contributed by atoms with Crippen molar-refractivity contribution in [2.45, 2.75) is 58.7 Å². The topological polar surface area (TPSA) is 38.5 Å². The molecule has 2 unspecified atom stereocenters. The first-order chi connectivity index (χ1) is 7.24. The summed E-state index contributed by atoms with van der Waals surface area (Å²) in [6, 6.07) is 0.544. The predicted molar refractivity (Wildman–Crippen MR) is 68.5 cm³/mol. The summed E-state index contributed by atoms with van der Waals surface area (Å²) in [5.41, 5.74) is 6.49. The van der Waals surface area contributed by atoms with Crippen molar-refractivity contribution in [1.82, 2.24) is 4.90 Å². The van der Waals surface area contributed by atoms with Crippen LogP contribution in [0.4, 0.5) is 0 Å². The van der Waals surface area contributed by atoms with Crippen LogP contribution in [0.3, 0.4) is 0 Å². The number of rotatable bonds is 5. The van der Waals surface area contributed by atoms with Crippen LogP contribution in [0, 0.1) is 5.41 Å². The summed E-state index contributed by atoms with van der Waals surface area (Å²) in [6.45, 7) is 12.6. The Balaban J connectivity index is 2.61. The molecule has 0 aromatic carbocycles. The Morgan fingerprint density at radius 3 is 2.38 bits per heavy atom. The predicted octanol–water partition coefficient (Wildman–Crippen LogP) is 1.86. The molecule has 3 heteroatoms. The minimum absolute atomic E-state index is 0.0756. The Hall–Kier alpha value is -0.120. The number of hydrogen-bond acceptors (Lipinski definition) is 3. The average molecular weight is 228 g/mol. The molecule has 16 heavy (non-hydrogen) atoms. The second kappa shape index (κ2) is 4.63. The molecule has 0 amide bonds. The molecule has 0 bridgehead atoms. The highest BCUT2D eigenvalue weighted by molar-refractivity contribution is 5.14. The normalized spacial score (nSPS) is 33.2. The van der Waals surface area contributed by atoms with E-state index < -0.39 is 0 Å². The first kappa shape index (κ1) is 13.9. The summed E-state index contributed by atoms with van der Waals surface area (Å²) >= 11 is 0. The van der Waals surface area contributed by atoms with Crippen LogP contribution >= 0.6 is 0 Å². The summed E-state index contributed by atoms with van der Waals surface area (Å²) < 4.78 is 5.73. The Morgan fingerprint density at radius 2 is 2.00 bits per heavy atom. The highest BCUT2D eigenvalue weighted by Crippen LogP contribution is 2.50. The van der Waals surface area contributed by atoms with Crippen molar-refractivity contribution in [2.75, 3.05) is 20.2 Å². The Morgan fingerprint density at radius 1 is 1.44 bits per heavy atom. The number of nitrogens with zero attached hydrogens (tertiary/aromatic N) is 1. The fourth-order valence-electron chi connectivity index (χ4n) is 2.40. The monoisotopic (exact) mass is 228 g/mol. The van der Waals surface area contributed by atoms with Gasteiger partial charge in [0.15, 0.2) is 0 Å². The first-order valence-electron chi connectivity index (χ1n) is 6.35. The van der Waals surface area contributed by atoms with Gasteiger partial charge in [-0.25, -0.2) is 0 Å². The SMILES string of the molecule is CCOC1CC(N)(CN(C)C(C)C)C1(C)C. The Bertz CT molecular complexity index is 240. The average Bonchev–Trinajstić information content (AvgIpc) is 2.17. The maximum atomic E-state index is 6.52. The minimum atomic E-state index is -0.105. The molecule has 0 spiro atoms. The van der Waals surface area contributed by atoms with E-state index in [1.54, 1.807) is 0 Å². The molecule has 1 aliphatic rings. The first-order valence-corrected chi connectivity index (χ1v) is 6.35. The van der Waals surface area contributed by atoms with E-state index in [0.717, 1.165) is 19.6 Å². The lowest BCUT2D eigenvalue weighted by Crippen LogP contribution is -2.73. The zero-order valence-electron chi connectivity index (χ0n) is 11.7. The molecule has 1 saturated carbocycles. The quantitative estimate of drug-likeness (QED) is 0.780. The van der Waals surface area contributed by atoms with Crippen molar-refractivity contribution in [3.63, 3.8) is 0 Å². The molecule has 0 heterocycles. The minimum Gasteiger partial charge on any atom is -0.378 e. The highest BCUT2D eigenvalue weighted by atomic mass is 16.5. The van der Waals surface area contributed by atoms with Gasteiger partial charge in [0, 0.05) is 30.1 Å². The lowest BCUT2D eigenvalue weighted by Gasteiger charge is -2.60. The van der Waals surface area contributed by atoms with Gasteiger partial charge < -0.3 is 15.4 Å². The molecule has 2 atom stereocenters. The molecule has 0 aliphatic heterocycles. The molecule has 0 aromatic heterocycles. The molecule has 3 nitrogen and oxygen atoms in total. The van der Waals surface area contributed by atoms with Crippen molar-refractivity contribution >= 4 is 0 Å². The van der Waals surface area contributed by atoms with Crippen LogP contribution in [0.1, 0.15) is 41.0 Å². The van der Waals surface area contributed by atoms with Crippen LogP contribution in [0.15, 0.2) is 0 Å². The van der Waals surface area contributed by atoms with E-state index in [2.05, 4.69) is 39.6 Å². The smallest absolute Gasteiger partial charge is 0.0662 e. The van der Waals surface area contributed by atoms with E-state index in [4.69, 9.17) is 10.5 Å². The highest BCUT2D eigenvalue weighted by Gasteiger charge is 2.58. The molecule has 1 aliphatic carbocycles. The van der Waals surface area contributed by atoms with E-state index in [0.29, 0.717) is 12.1 Å². The Labute approximate surface area is 100 Å². The van der Waals surface area contributed by atoms with Gasteiger partial charge >= 0.3 is 0 Å². The molecule has 96 valence electrons. The van der Waals surface area contributed by atoms with Crippen LogP contribution in [0.2, 0.25) is 0 Å². The summed E-state index contributed by atoms with van der Waals surface area (Å²) in [6.07, 6.45) is 1.30. The number of ether oxygens (including phenoxy) is 1. The van der Waals surface area contributed by atoms with Crippen molar-refractivity contribution in [2.24, 2.45) is 11.1 Å². The van der Waals surface area contributed by atoms with Gasteiger partial charge in [-0.15, -0.1) is 0 Å². The summed E-state index contributed by atoms with van der Waals surface area (Å²) in [5, 5.41) is 0. The molecular formula is C13H28N2O. The van der Waals surface area contributed by atoms with E-state index in [-0.39, 0.29) is 11.0 Å². The van der Waals surface area contributed by atoms with Crippen molar-refractivity contribution in [3.05, 3.63) is 0 Å². The Kier molecular flexibility index (Phi) is 4.04. The molecule has 1 fully saturated rings. The van der Waals surface area contributed by atoms with Crippen LogP contribution < -0.4 is 5.73 Å². The second-order valence-electron chi connectivity index (χ2n) is 6.03. The molecule has 2 N–H and O–H groups in total. The largest absolute Gasteiger partial charge is 0.378 e. The van der Waals surface area contributed by atoms with Crippen molar-refractivity contribution in [3.8, 4) is 0 Å². The van der Waals surface area contributed by atoms with E-state index in [1.807, 2.05) is 6.92 Å². The zero-order chi connectivity index (χ0) is 12.6. The lowest BCUT2D eigenvalue weighted by atomic mass is 9.54. The maximum absolute atomic E-state index is 6.52. The van der Waals surface area contributed by atoms with Crippen molar-refractivity contribution < 1.29 is 4.74 Å². The molecule has 0 radical (unpaired) electrons. The van der Waals surface area contributed by atoms with Crippen LogP contribution in [-0.2, 0) is 4.74 Å². The van der Waals surface area contributed by atoms with Gasteiger partial charge in [-0.3, -0.25) is 0 Å². The summed E-state index contributed by atoms with van der Waals surface area (Å²) in [5.74, 6) is 0. The number of nitrogens with two attached hydrogens (primary N) is 1. The van der Waals surface area contributed by atoms with Crippen LogP contribution in [0.5, 0.6) is 0 Å². The maximum Gasteiger partial charge on any atom is 0.0662 e. The van der Waals surface area contributed by atoms with Crippen LogP contribution in [0.25, 0.3) is 0 Å². The fraction of sp³-hybridized carbons (Fsp3) is 1.00. The van der Waals surface area contributed by atoms with Gasteiger partial charge in [0.1, 0.15) is 0 Å². The van der Waals surface area contributed by atoms with Gasteiger partial charge in [-0.2, -0.15) is 0 Å². The van der Waals surface area contributed by atoms with Crippen molar-refractivity contribution in [1.29, 1.82) is 0 Å². The third kappa shape index (κ3) is 2.27. The molecular weight excluding hydrogens is 200 g/mol. The zero-order valence-corrected chi connectivity index (χ0v) is 11.7. The number of hydrogen-bond donors (Lipinski definition) is 1. The van der Waals surface area contributed by atoms with Crippen LogP contribution in [-0.4, -0.2) is 42.8 Å². The third-order valence-electron chi connectivity index (χ3n) is 4.42. The molecule has 0 saturated heterocycles. The fourth-order valence-corrected chi connectivity index (χ4v) is 2.40. The van der Waals surface area contributed by atoms with Gasteiger partial charge in [-0.1, -0.05) is 13.8 Å². The summed E-state index contributed by atoms with van der Waals surface area (Å²) in [7, 11) is 2.14. The number of likely N-dealkylation sites (N-methyl/N-ethyl adjacent to an activating group) is 1. The lowest BCUT2D eigenvalue weighted by molar-refractivity contribution is -0.156. The van der Waals surface area contributed by atoms with Gasteiger partial charge in [0.2, 0.25) is 0 Å². The van der Waals surface area contributed by atoms with Gasteiger partial charge in [-0.05, 0) is 34.2 Å². The second-order valence-corrected chi connectivity index (χ2v) is 6.03. The summed E-state index contributed by atoms with van der Waals surface area (Å²) in [4.78, 5) is 2.32. The van der Waals surface area contributed by atoms with E-state index >= 15 is 0 Å².